The molecule has 3 heteroatoms. The van der Waals surface area contributed by atoms with Gasteiger partial charge in [-0.25, -0.2) is 4.39 Å². The van der Waals surface area contributed by atoms with Gasteiger partial charge in [-0.2, -0.15) is 5.26 Å². The summed E-state index contributed by atoms with van der Waals surface area (Å²) in [6.45, 7) is 0. The smallest absolute Gasteiger partial charge is 0.123 e. The Bertz CT molecular complexity index is 570. The molecule has 0 radical (unpaired) electrons. The lowest BCUT2D eigenvalue weighted by Crippen LogP contribution is -1.91. The molecule has 2 aromatic rings. The van der Waals surface area contributed by atoms with Gasteiger partial charge in [0.2, 0.25) is 0 Å². The van der Waals surface area contributed by atoms with Crippen molar-refractivity contribution in [1.82, 2.24) is 0 Å². The van der Waals surface area contributed by atoms with Crippen molar-refractivity contribution in [2.75, 3.05) is 5.73 Å². The summed E-state index contributed by atoms with van der Waals surface area (Å²) in [6, 6.07) is 13.2. The number of anilines is 1. The molecule has 0 aliphatic rings. The molecule has 0 aliphatic carbocycles. The maximum atomic E-state index is 13.1. The van der Waals surface area contributed by atoms with Crippen LogP contribution in [0.4, 0.5) is 10.1 Å². The van der Waals surface area contributed by atoms with Crippen LogP contribution in [0.1, 0.15) is 5.56 Å². The lowest BCUT2D eigenvalue weighted by Gasteiger charge is -2.06. The highest BCUT2D eigenvalue weighted by Gasteiger charge is 2.04. The average molecular weight is 212 g/mol. The summed E-state index contributed by atoms with van der Waals surface area (Å²) in [6.07, 6.45) is 0. The molecule has 16 heavy (non-hydrogen) atoms. The van der Waals surface area contributed by atoms with Crippen molar-refractivity contribution in [3.8, 4) is 17.2 Å². The first-order chi connectivity index (χ1) is 7.70. The van der Waals surface area contributed by atoms with E-state index in [9.17, 15) is 4.39 Å². The number of nitrogens with zero attached hydrogens (tertiary/aromatic N) is 1. The van der Waals surface area contributed by atoms with Gasteiger partial charge in [0.1, 0.15) is 5.82 Å². The molecule has 2 nitrogen and oxygen atoms in total. The van der Waals surface area contributed by atoms with Crippen LogP contribution < -0.4 is 5.73 Å². The number of nitriles is 1. The lowest BCUT2D eigenvalue weighted by atomic mass is 10.0. The molecular formula is C13H9FN2. The summed E-state index contributed by atoms with van der Waals surface area (Å²) in [5.41, 5.74) is 8.14. The van der Waals surface area contributed by atoms with Crippen molar-refractivity contribution < 1.29 is 4.39 Å². The van der Waals surface area contributed by atoms with Crippen LogP contribution in [0.25, 0.3) is 11.1 Å². The number of halogens is 1. The van der Waals surface area contributed by atoms with Gasteiger partial charge in [-0.15, -0.1) is 0 Å². The highest BCUT2D eigenvalue weighted by Crippen LogP contribution is 2.27. The maximum absolute atomic E-state index is 13.1. The van der Waals surface area contributed by atoms with E-state index in [0.717, 1.165) is 5.56 Å². The highest BCUT2D eigenvalue weighted by molar-refractivity contribution is 5.76. The van der Waals surface area contributed by atoms with Gasteiger partial charge in [-0.1, -0.05) is 12.1 Å². The SMILES string of the molecule is N#Cc1cccc(-c2cc(F)ccc2N)c1. The monoisotopic (exact) mass is 212 g/mol. The van der Waals surface area contributed by atoms with Gasteiger partial charge in [-0.05, 0) is 35.9 Å². The minimum Gasteiger partial charge on any atom is -0.398 e. The molecule has 0 amide bonds. The zero-order chi connectivity index (χ0) is 11.5. The maximum Gasteiger partial charge on any atom is 0.123 e. The average Bonchev–Trinajstić information content (AvgIpc) is 2.32. The first-order valence-electron chi connectivity index (χ1n) is 4.76. The van der Waals surface area contributed by atoms with E-state index >= 15 is 0 Å². The summed E-state index contributed by atoms with van der Waals surface area (Å²) in [5.74, 6) is -0.341. The van der Waals surface area contributed by atoms with Crippen LogP contribution in [0.3, 0.4) is 0 Å². The fourth-order valence-corrected chi connectivity index (χ4v) is 1.53. The van der Waals surface area contributed by atoms with E-state index in [-0.39, 0.29) is 5.82 Å². The van der Waals surface area contributed by atoms with Crippen LogP contribution in [0.15, 0.2) is 42.5 Å². The predicted octanol–water partition coefficient (Wildman–Crippen LogP) is 2.95. The largest absolute Gasteiger partial charge is 0.398 e. The van der Waals surface area contributed by atoms with Crippen molar-refractivity contribution >= 4 is 5.69 Å². The quantitative estimate of drug-likeness (QED) is 0.739. The third kappa shape index (κ3) is 1.86. The van der Waals surface area contributed by atoms with E-state index in [0.29, 0.717) is 16.8 Å². The predicted molar refractivity (Wildman–Crippen MR) is 61.0 cm³/mol. The van der Waals surface area contributed by atoms with Crippen LogP contribution in [0.5, 0.6) is 0 Å². The van der Waals surface area contributed by atoms with Gasteiger partial charge in [-0.3, -0.25) is 0 Å². The van der Waals surface area contributed by atoms with Gasteiger partial charge < -0.3 is 5.73 Å². The molecule has 0 spiro atoms. The zero-order valence-corrected chi connectivity index (χ0v) is 8.44. The van der Waals surface area contributed by atoms with Gasteiger partial charge in [0.05, 0.1) is 11.6 Å². The van der Waals surface area contributed by atoms with Crippen LogP contribution in [0.2, 0.25) is 0 Å². The molecule has 2 N–H and O–H groups in total. The molecule has 0 heterocycles. The number of hydrogen-bond acceptors (Lipinski definition) is 2. The second-order valence-corrected chi connectivity index (χ2v) is 3.42. The number of nitrogens with two attached hydrogens (primary N) is 1. The Morgan fingerprint density at radius 2 is 1.94 bits per heavy atom. The summed E-state index contributed by atoms with van der Waals surface area (Å²) in [4.78, 5) is 0. The van der Waals surface area contributed by atoms with Crippen LogP contribution in [-0.4, -0.2) is 0 Å². The first kappa shape index (κ1) is 10.2. The number of nitrogen functional groups attached to an aromatic ring is 1. The molecule has 0 aliphatic heterocycles. The Hall–Kier alpha value is -2.34. The molecule has 78 valence electrons. The third-order valence-electron chi connectivity index (χ3n) is 2.32. The van der Waals surface area contributed by atoms with Gasteiger partial charge in [0.15, 0.2) is 0 Å². The van der Waals surface area contributed by atoms with Crippen molar-refractivity contribution in [1.29, 1.82) is 5.26 Å². The van der Waals surface area contributed by atoms with E-state index in [1.165, 1.54) is 18.2 Å². The fraction of sp³-hybridized carbons (Fsp3) is 0. The standard InChI is InChI=1S/C13H9FN2/c14-11-4-5-13(16)12(7-11)10-3-1-2-9(6-10)8-15/h1-7H,16H2. The third-order valence-corrected chi connectivity index (χ3v) is 2.32. The minimum atomic E-state index is -0.341. The van der Waals surface area contributed by atoms with Crippen molar-refractivity contribution in [2.45, 2.75) is 0 Å². The van der Waals surface area contributed by atoms with Crippen molar-refractivity contribution in [3.63, 3.8) is 0 Å². The van der Waals surface area contributed by atoms with Crippen molar-refractivity contribution in [3.05, 3.63) is 53.8 Å². The van der Waals surface area contributed by atoms with Crippen LogP contribution >= 0.6 is 0 Å². The van der Waals surface area contributed by atoms with Crippen LogP contribution in [0, 0.1) is 17.1 Å². The Balaban J connectivity index is 2.58. The Kier molecular flexibility index (Phi) is 2.57. The Morgan fingerprint density at radius 1 is 1.12 bits per heavy atom. The molecule has 0 bridgehead atoms. The highest BCUT2D eigenvalue weighted by atomic mass is 19.1. The molecule has 0 atom stereocenters. The van der Waals surface area contributed by atoms with E-state index in [1.54, 1.807) is 24.3 Å². The summed E-state index contributed by atoms with van der Waals surface area (Å²) in [7, 11) is 0. The molecule has 0 fully saturated rings. The van der Waals surface area contributed by atoms with E-state index < -0.39 is 0 Å². The molecule has 2 rings (SSSR count). The molecular weight excluding hydrogens is 203 g/mol. The molecule has 0 unspecified atom stereocenters. The van der Waals surface area contributed by atoms with Gasteiger partial charge in [0.25, 0.3) is 0 Å². The lowest BCUT2D eigenvalue weighted by molar-refractivity contribution is 0.628. The Morgan fingerprint density at radius 3 is 2.69 bits per heavy atom. The topological polar surface area (TPSA) is 49.8 Å². The fourth-order valence-electron chi connectivity index (χ4n) is 1.53. The molecule has 2 aromatic carbocycles. The first-order valence-corrected chi connectivity index (χ1v) is 4.76. The van der Waals surface area contributed by atoms with E-state index in [1.807, 2.05) is 6.07 Å². The summed E-state index contributed by atoms with van der Waals surface area (Å²) >= 11 is 0. The second kappa shape index (κ2) is 4.03. The number of rotatable bonds is 1. The van der Waals surface area contributed by atoms with Crippen molar-refractivity contribution in [2.24, 2.45) is 0 Å². The molecule has 0 saturated carbocycles. The molecule has 0 aromatic heterocycles. The second-order valence-electron chi connectivity index (χ2n) is 3.42. The number of hydrogen-bond donors (Lipinski definition) is 1. The molecule has 0 saturated heterocycles. The summed E-state index contributed by atoms with van der Waals surface area (Å²) < 4.78 is 13.1. The normalized spacial score (nSPS) is 9.75. The minimum absolute atomic E-state index is 0.341. The van der Waals surface area contributed by atoms with E-state index in [4.69, 9.17) is 11.0 Å². The summed E-state index contributed by atoms with van der Waals surface area (Å²) in [5, 5.41) is 8.78. The van der Waals surface area contributed by atoms with E-state index in [2.05, 4.69) is 0 Å². The van der Waals surface area contributed by atoms with Crippen LogP contribution in [-0.2, 0) is 0 Å². The van der Waals surface area contributed by atoms with Gasteiger partial charge in [0, 0.05) is 11.3 Å². The zero-order valence-electron chi connectivity index (χ0n) is 8.44. The Labute approximate surface area is 92.8 Å². The van der Waals surface area contributed by atoms with Gasteiger partial charge >= 0.3 is 0 Å². The number of benzene rings is 2.